The Morgan fingerprint density at radius 1 is 1.45 bits per heavy atom. The Balaban J connectivity index is 3.03. The standard InChI is InChI=1S/C8H9N3/c1-4-7-5-8(11(2)3)10-6-9-7/h1,5-6H,2-3H3. The van der Waals surface area contributed by atoms with Crippen LogP contribution in [0.3, 0.4) is 0 Å². The molecule has 0 radical (unpaired) electrons. The van der Waals surface area contributed by atoms with Crippen molar-refractivity contribution >= 4 is 5.82 Å². The lowest BCUT2D eigenvalue weighted by atomic mass is 10.4. The van der Waals surface area contributed by atoms with Crippen molar-refractivity contribution in [2.24, 2.45) is 0 Å². The first-order chi connectivity index (χ1) is 5.24. The molecule has 3 nitrogen and oxygen atoms in total. The second-order valence-corrected chi connectivity index (χ2v) is 2.30. The van der Waals surface area contributed by atoms with Crippen LogP contribution in [0.5, 0.6) is 0 Å². The van der Waals surface area contributed by atoms with Crippen molar-refractivity contribution in [2.45, 2.75) is 0 Å². The molecule has 1 heterocycles. The summed E-state index contributed by atoms with van der Waals surface area (Å²) < 4.78 is 0. The molecule has 0 saturated heterocycles. The van der Waals surface area contributed by atoms with E-state index in [4.69, 9.17) is 6.42 Å². The minimum atomic E-state index is 0.615. The molecule has 1 aromatic rings. The number of hydrogen-bond donors (Lipinski definition) is 0. The highest BCUT2D eigenvalue weighted by Gasteiger charge is 1.96. The van der Waals surface area contributed by atoms with E-state index in [1.807, 2.05) is 19.0 Å². The predicted molar refractivity (Wildman–Crippen MR) is 44.3 cm³/mol. The third-order valence-corrected chi connectivity index (χ3v) is 1.26. The van der Waals surface area contributed by atoms with Gasteiger partial charge in [-0.15, -0.1) is 6.42 Å². The number of rotatable bonds is 1. The summed E-state index contributed by atoms with van der Waals surface area (Å²) in [6, 6.07) is 1.76. The van der Waals surface area contributed by atoms with Gasteiger partial charge in [-0.05, 0) is 0 Å². The summed E-state index contributed by atoms with van der Waals surface area (Å²) in [5.74, 6) is 3.27. The normalized spacial score (nSPS) is 8.82. The Kier molecular flexibility index (Phi) is 2.07. The maximum absolute atomic E-state index is 5.16. The fourth-order valence-corrected chi connectivity index (χ4v) is 0.671. The fourth-order valence-electron chi connectivity index (χ4n) is 0.671. The zero-order valence-corrected chi connectivity index (χ0v) is 6.57. The van der Waals surface area contributed by atoms with Crippen LogP contribution in [0.15, 0.2) is 12.4 Å². The molecule has 3 heteroatoms. The molecule has 11 heavy (non-hydrogen) atoms. The number of nitrogens with zero attached hydrogens (tertiary/aromatic N) is 3. The van der Waals surface area contributed by atoms with Crippen molar-refractivity contribution in [2.75, 3.05) is 19.0 Å². The highest BCUT2D eigenvalue weighted by molar-refractivity contribution is 5.40. The summed E-state index contributed by atoms with van der Waals surface area (Å²) in [5.41, 5.74) is 0.615. The van der Waals surface area contributed by atoms with Gasteiger partial charge in [0.05, 0.1) is 0 Å². The first kappa shape index (κ1) is 7.55. The summed E-state index contributed by atoms with van der Waals surface area (Å²) in [5, 5.41) is 0. The molecule has 1 aromatic heterocycles. The highest BCUT2D eigenvalue weighted by Crippen LogP contribution is 2.05. The molecule has 0 aliphatic carbocycles. The van der Waals surface area contributed by atoms with Crippen molar-refractivity contribution < 1.29 is 0 Å². The molecule has 0 aliphatic heterocycles. The van der Waals surface area contributed by atoms with E-state index in [0.29, 0.717) is 5.69 Å². The van der Waals surface area contributed by atoms with Gasteiger partial charge in [0.1, 0.15) is 17.8 Å². The largest absolute Gasteiger partial charge is 0.363 e. The number of anilines is 1. The molecule has 0 N–H and O–H groups in total. The number of terminal acetylenes is 1. The van der Waals surface area contributed by atoms with E-state index in [9.17, 15) is 0 Å². The van der Waals surface area contributed by atoms with Crippen LogP contribution in [0.25, 0.3) is 0 Å². The van der Waals surface area contributed by atoms with E-state index in [1.54, 1.807) is 6.07 Å². The Labute approximate surface area is 66.1 Å². The monoisotopic (exact) mass is 147 g/mol. The van der Waals surface area contributed by atoms with Crippen LogP contribution in [-0.2, 0) is 0 Å². The van der Waals surface area contributed by atoms with Gasteiger partial charge in [0, 0.05) is 20.2 Å². The summed E-state index contributed by atoms with van der Waals surface area (Å²) in [7, 11) is 3.81. The Bertz CT molecular complexity index is 286. The zero-order chi connectivity index (χ0) is 8.27. The van der Waals surface area contributed by atoms with E-state index in [-0.39, 0.29) is 0 Å². The molecule has 0 atom stereocenters. The van der Waals surface area contributed by atoms with Gasteiger partial charge in [-0.3, -0.25) is 0 Å². The van der Waals surface area contributed by atoms with Gasteiger partial charge >= 0.3 is 0 Å². The lowest BCUT2D eigenvalue weighted by Crippen LogP contribution is -2.10. The topological polar surface area (TPSA) is 29.0 Å². The first-order valence-corrected chi connectivity index (χ1v) is 3.20. The van der Waals surface area contributed by atoms with E-state index < -0.39 is 0 Å². The van der Waals surface area contributed by atoms with Crippen LogP contribution in [0.4, 0.5) is 5.82 Å². The van der Waals surface area contributed by atoms with E-state index in [0.717, 1.165) is 5.82 Å². The molecule has 0 bridgehead atoms. The molecule has 0 amide bonds. The highest BCUT2D eigenvalue weighted by atomic mass is 15.1. The van der Waals surface area contributed by atoms with Crippen molar-refractivity contribution in [3.8, 4) is 12.3 Å². The summed E-state index contributed by atoms with van der Waals surface area (Å²) in [6.45, 7) is 0. The lowest BCUT2D eigenvalue weighted by Gasteiger charge is -2.09. The van der Waals surface area contributed by atoms with Crippen LogP contribution in [-0.4, -0.2) is 24.1 Å². The van der Waals surface area contributed by atoms with Crippen molar-refractivity contribution in [3.63, 3.8) is 0 Å². The minimum Gasteiger partial charge on any atom is -0.363 e. The fraction of sp³-hybridized carbons (Fsp3) is 0.250. The van der Waals surface area contributed by atoms with Crippen LogP contribution in [0.2, 0.25) is 0 Å². The average Bonchev–Trinajstić information content (AvgIpc) is 2.05. The van der Waals surface area contributed by atoms with E-state index in [2.05, 4.69) is 15.9 Å². The maximum Gasteiger partial charge on any atom is 0.132 e. The van der Waals surface area contributed by atoms with Gasteiger partial charge in [-0.1, -0.05) is 5.92 Å². The Morgan fingerprint density at radius 3 is 2.73 bits per heavy atom. The first-order valence-electron chi connectivity index (χ1n) is 3.20. The summed E-state index contributed by atoms with van der Waals surface area (Å²) in [6.07, 6.45) is 6.62. The second kappa shape index (κ2) is 3.02. The van der Waals surface area contributed by atoms with Gasteiger partial charge in [0.2, 0.25) is 0 Å². The molecule has 0 unspecified atom stereocenters. The molecule has 1 rings (SSSR count). The molecule has 56 valence electrons. The van der Waals surface area contributed by atoms with Crippen LogP contribution in [0, 0.1) is 12.3 Å². The Morgan fingerprint density at radius 2 is 2.18 bits per heavy atom. The smallest absolute Gasteiger partial charge is 0.132 e. The lowest BCUT2D eigenvalue weighted by molar-refractivity contribution is 1.03. The molecular formula is C8H9N3. The maximum atomic E-state index is 5.16. The minimum absolute atomic E-state index is 0.615. The molecule has 0 saturated carbocycles. The van der Waals surface area contributed by atoms with Crippen LogP contribution < -0.4 is 4.90 Å². The predicted octanol–water partition coefficient (Wildman–Crippen LogP) is 0.524. The quantitative estimate of drug-likeness (QED) is 0.542. The molecular weight excluding hydrogens is 138 g/mol. The van der Waals surface area contributed by atoms with E-state index >= 15 is 0 Å². The van der Waals surface area contributed by atoms with Gasteiger partial charge in [0.15, 0.2) is 0 Å². The number of aromatic nitrogens is 2. The summed E-state index contributed by atoms with van der Waals surface area (Å²) >= 11 is 0. The van der Waals surface area contributed by atoms with Crippen molar-refractivity contribution in [3.05, 3.63) is 18.1 Å². The van der Waals surface area contributed by atoms with Gasteiger partial charge in [-0.2, -0.15) is 0 Å². The number of hydrogen-bond acceptors (Lipinski definition) is 3. The molecule has 0 aliphatic rings. The third kappa shape index (κ3) is 1.68. The van der Waals surface area contributed by atoms with Crippen molar-refractivity contribution in [1.82, 2.24) is 9.97 Å². The SMILES string of the molecule is C#Cc1cc(N(C)C)ncn1. The van der Waals surface area contributed by atoms with Crippen LogP contribution in [0.1, 0.15) is 5.69 Å². The summed E-state index contributed by atoms with van der Waals surface area (Å²) in [4.78, 5) is 9.75. The van der Waals surface area contributed by atoms with Gasteiger partial charge < -0.3 is 4.90 Å². The van der Waals surface area contributed by atoms with Gasteiger partial charge in [-0.25, -0.2) is 9.97 Å². The average molecular weight is 147 g/mol. The zero-order valence-electron chi connectivity index (χ0n) is 6.57. The Hall–Kier alpha value is -1.56. The van der Waals surface area contributed by atoms with Crippen LogP contribution >= 0.6 is 0 Å². The third-order valence-electron chi connectivity index (χ3n) is 1.26. The second-order valence-electron chi connectivity index (χ2n) is 2.30. The van der Waals surface area contributed by atoms with Gasteiger partial charge in [0.25, 0.3) is 0 Å². The van der Waals surface area contributed by atoms with E-state index in [1.165, 1.54) is 6.33 Å². The molecule has 0 spiro atoms. The molecule has 0 fully saturated rings. The molecule has 0 aromatic carbocycles. The van der Waals surface area contributed by atoms with Crippen molar-refractivity contribution in [1.29, 1.82) is 0 Å².